The second kappa shape index (κ2) is 6.80. The summed E-state index contributed by atoms with van der Waals surface area (Å²) in [7, 11) is 0. The van der Waals surface area contributed by atoms with Crippen molar-refractivity contribution in [2.75, 3.05) is 31.1 Å². The Morgan fingerprint density at radius 3 is 2.48 bits per heavy atom. The summed E-state index contributed by atoms with van der Waals surface area (Å²) in [6, 6.07) is 3.09. The van der Waals surface area contributed by atoms with Crippen molar-refractivity contribution in [1.29, 1.82) is 0 Å². The molecule has 8 heteroatoms. The first-order valence-electron chi connectivity index (χ1n) is 7.94. The van der Waals surface area contributed by atoms with Crippen LogP contribution in [-0.4, -0.2) is 53.2 Å². The van der Waals surface area contributed by atoms with E-state index in [2.05, 4.69) is 4.98 Å². The highest BCUT2D eigenvalue weighted by molar-refractivity contribution is 5.68. The van der Waals surface area contributed by atoms with E-state index in [1.54, 1.807) is 11.0 Å². The minimum absolute atomic E-state index is 0.0208. The zero-order valence-electron chi connectivity index (χ0n) is 12.9. The number of aromatic nitrogens is 1. The van der Waals surface area contributed by atoms with Gasteiger partial charge in [-0.3, -0.25) is 10.1 Å². The summed E-state index contributed by atoms with van der Waals surface area (Å²) in [6.07, 6.45) is 5.33. The normalized spacial score (nSPS) is 19.0. The van der Waals surface area contributed by atoms with Crippen LogP contribution in [0.3, 0.4) is 0 Å². The molecule has 0 bridgehead atoms. The first-order valence-corrected chi connectivity index (χ1v) is 7.94. The van der Waals surface area contributed by atoms with Crippen molar-refractivity contribution in [3.63, 3.8) is 0 Å². The maximum atomic E-state index is 12.1. The molecule has 8 nitrogen and oxygen atoms in total. The van der Waals surface area contributed by atoms with Crippen molar-refractivity contribution in [3.05, 3.63) is 28.4 Å². The number of ether oxygens (including phenoxy) is 1. The molecule has 1 aliphatic heterocycles. The van der Waals surface area contributed by atoms with Gasteiger partial charge in [0.25, 0.3) is 5.69 Å². The number of carbonyl (C=O) groups is 1. The largest absolute Gasteiger partial charge is 0.446 e. The number of anilines is 1. The fraction of sp³-hybridized carbons (Fsp3) is 0.600. The zero-order chi connectivity index (χ0) is 16.2. The number of rotatable bonds is 3. The highest BCUT2D eigenvalue weighted by atomic mass is 16.6. The quantitative estimate of drug-likeness (QED) is 0.626. The molecule has 2 heterocycles. The molecule has 0 atom stereocenters. The molecule has 0 radical (unpaired) electrons. The van der Waals surface area contributed by atoms with Gasteiger partial charge in [-0.2, -0.15) is 0 Å². The second-order valence-corrected chi connectivity index (χ2v) is 5.90. The molecule has 1 aliphatic carbocycles. The zero-order valence-corrected chi connectivity index (χ0v) is 12.9. The van der Waals surface area contributed by atoms with Crippen molar-refractivity contribution in [3.8, 4) is 0 Å². The van der Waals surface area contributed by atoms with Crippen molar-refractivity contribution in [1.82, 2.24) is 9.88 Å². The molecule has 1 amide bonds. The first kappa shape index (κ1) is 15.5. The molecule has 3 rings (SSSR count). The predicted octanol–water partition coefficient (Wildman–Crippen LogP) is 2.19. The van der Waals surface area contributed by atoms with Gasteiger partial charge in [0.2, 0.25) is 0 Å². The average molecular weight is 320 g/mol. The number of piperazine rings is 1. The second-order valence-electron chi connectivity index (χ2n) is 5.90. The molecule has 1 saturated heterocycles. The third-order valence-corrected chi connectivity index (χ3v) is 4.37. The molecule has 0 unspecified atom stereocenters. The maximum absolute atomic E-state index is 12.1. The van der Waals surface area contributed by atoms with E-state index in [4.69, 9.17) is 4.74 Å². The lowest BCUT2D eigenvalue weighted by molar-refractivity contribution is -0.385. The Morgan fingerprint density at radius 2 is 1.91 bits per heavy atom. The lowest BCUT2D eigenvalue weighted by Gasteiger charge is -2.35. The van der Waals surface area contributed by atoms with E-state index in [1.807, 2.05) is 4.90 Å². The summed E-state index contributed by atoms with van der Waals surface area (Å²) in [5.41, 5.74) is -0.0208. The molecule has 1 aromatic heterocycles. The van der Waals surface area contributed by atoms with Crippen molar-refractivity contribution in [2.24, 2.45) is 0 Å². The Morgan fingerprint density at radius 1 is 1.22 bits per heavy atom. The van der Waals surface area contributed by atoms with Gasteiger partial charge < -0.3 is 14.5 Å². The van der Waals surface area contributed by atoms with Crippen molar-refractivity contribution in [2.45, 2.75) is 31.8 Å². The van der Waals surface area contributed by atoms with Gasteiger partial charge in [0.05, 0.1) is 4.92 Å². The van der Waals surface area contributed by atoms with Crippen LogP contribution in [0.5, 0.6) is 0 Å². The molecule has 124 valence electrons. The van der Waals surface area contributed by atoms with Crippen LogP contribution in [0.1, 0.15) is 25.7 Å². The van der Waals surface area contributed by atoms with Crippen molar-refractivity contribution >= 4 is 17.6 Å². The van der Waals surface area contributed by atoms with Crippen LogP contribution in [0.2, 0.25) is 0 Å². The van der Waals surface area contributed by atoms with E-state index in [0.29, 0.717) is 32.0 Å². The Bertz CT molecular complexity index is 563. The average Bonchev–Trinajstić information content (AvgIpc) is 3.08. The van der Waals surface area contributed by atoms with Gasteiger partial charge in [-0.15, -0.1) is 0 Å². The Labute approximate surface area is 134 Å². The van der Waals surface area contributed by atoms with E-state index < -0.39 is 4.92 Å². The van der Waals surface area contributed by atoms with Gasteiger partial charge in [0.1, 0.15) is 18.1 Å². The van der Waals surface area contributed by atoms with Crippen LogP contribution < -0.4 is 4.90 Å². The SMILES string of the molecule is O=C(OC1CCCC1)N1CCN(c2ccc([N+](=O)[O-])cn2)CC1. The lowest BCUT2D eigenvalue weighted by Crippen LogP contribution is -2.49. The standard InChI is InChI=1S/C15H20N4O4/c20-15(23-13-3-1-2-4-13)18-9-7-17(8-10-18)14-6-5-12(11-16-14)19(21)22/h5-6,11,13H,1-4,7-10H2. The molecule has 1 aromatic rings. The van der Waals surface area contributed by atoms with Crippen LogP contribution in [0.4, 0.5) is 16.3 Å². The number of hydrogen-bond acceptors (Lipinski definition) is 6. The topological polar surface area (TPSA) is 88.8 Å². The molecule has 0 N–H and O–H groups in total. The number of amides is 1. The van der Waals surface area contributed by atoms with E-state index >= 15 is 0 Å². The van der Waals surface area contributed by atoms with Gasteiger partial charge in [0, 0.05) is 32.2 Å². The summed E-state index contributed by atoms with van der Waals surface area (Å²) in [5.74, 6) is 0.694. The van der Waals surface area contributed by atoms with Gasteiger partial charge in [-0.05, 0) is 31.7 Å². The summed E-state index contributed by atoms with van der Waals surface area (Å²) >= 11 is 0. The number of carbonyl (C=O) groups excluding carboxylic acids is 1. The van der Waals surface area contributed by atoms with Crippen LogP contribution in [0, 0.1) is 10.1 Å². The molecule has 23 heavy (non-hydrogen) atoms. The molecular weight excluding hydrogens is 300 g/mol. The molecular formula is C15H20N4O4. The smallest absolute Gasteiger partial charge is 0.410 e. The van der Waals surface area contributed by atoms with Gasteiger partial charge >= 0.3 is 6.09 Å². The van der Waals surface area contributed by atoms with Crippen LogP contribution in [0.25, 0.3) is 0 Å². The van der Waals surface area contributed by atoms with Crippen LogP contribution in [-0.2, 0) is 4.74 Å². The van der Waals surface area contributed by atoms with Gasteiger partial charge in [0.15, 0.2) is 0 Å². The van der Waals surface area contributed by atoms with E-state index in [0.717, 1.165) is 25.7 Å². The molecule has 1 saturated carbocycles. The third kappa shape index (κ3) is 3.69. The number of pyridine rings is 1. The number of hydrogen-bond donors (Lipinski definition) is 0. The molecule has 2 fully saturated rings. The minimum Gasteiger partial charge on any atom is -0.446 e. The van der Waals surface area contributed by atoms with E-state index in [9.17, 15) is 14.9 Å². The van der Waals surface area contributed by atoms with E-state index in [1.165, 1.54) is 12.3 Å². The Hall–Kier alpha value is -2.38. The predicted molar refractivity (Wildman–Crippen MR) is 83.4 cm³/mol. The number of nitro groups is 1. The highest BCUT2D eigenvalue weighted by Crippen LogP contribution is 2.22. The minimum atomic E-state index is -0.465. The van der Waals surface area contributed by atoms with E-state index in [-0.39, 0.29) is 17.9 Å². The van der Waals surface area contributed by atoms with Crippen LogP contribution in [0.15, 0.2) is 18.3 Å². The Balaban J connectivity index is 1.51. The first-order chi connectivity index (χ1) is 11.1. The molecule has 2 aliphatic rings. The monoisotopic (exact) mass is 320 g/mol. The Kier molecular flexibility index (Phi) is 4.59. The summed E-state index contributed by atoms with van der Waals surface area (Å²) < 4.78 is 5.51. The highest BCUT2D eigenvalue weighted by Gasteiger charge is 2.26. The number of nitrogens with zero attached hydrogens (tertiary/aromatic N) is 4. The van der Waals surface area contributed by atoms with Gasteiger partial charge in [-0.25, -0.2) is 9.78 Å². The summed E-state index contributed by atoms with van der Waals surface area (Å²) in [6.45, 7) is 2.43. The lowest BCUT2D eigenvalue weighted by atomic mass is 10.3. The van der Waals surface area contributed by atoms with Gasteiger partial charge in [-0.1, -0.05) is 0 Å². The fourth-order valence-corrected chi connectivity index (χ4v) is 3.01. The molecule has 0 spiro atoms. The molecule has 0 aromatic carbocycles. The van der Waals surface area contributed by atoms with Crippen molar-refractivity contribution < 1.29 is 14.5 Å². The van der Waals surface area contributed by atoms with Crippen LogP contribution >= 0.6 is 0 Å². The summed E-state index contributed by atoms with van der Waals surface area (Å²) in [5, 5.41) is 10.6. The summed E-state index contributed by atoms with van der Waals surface area (Å²) in [4.78, 5) is 30.2. The third-order valence-electron chi connectivity index (χ3n) is 4.37. The maximum Gasteiger partial charge on any atom is 0.410 e. The fourth-order valence-electron chi connectivity index (χ4n) is 3.01.